The van der Waals surface area contributed by atoms with Crippen molar-refractivity contribution in [3.63, 3.8) is 0 Å². The monoisotopic (exact) mass is 320 g/mol. The molecular formula is C19H16N2O3. The standard InChI is InChI=1S/C19H16N2O3/c1-12(20-21-19(24)15-8-4-5-9-16(15)22)18-14-7-3-2-6-13(14)10-11-17(18)23/h2-11,22-23H,1H3,(H,21,24)/b20-12+. The van der Waals surface area contributed by atoms with Crippen LogP contribution >= 0.6 is 0 Å². The summed E-state index contributed by atoms with van der Waals surface area (Å²) in [6.45, 7) is 1.70. The largest absolute Gasteiger partial charge is 0.507 e. The van der Waals surface area contributed by atoms with Crippen molar-refractivity contribution >= 4 is 22.4 Å². The average molecular weight is 320 g/mol. The molecular weight excluding hydrogens is 304 g/mol. The molecule has 0 aliphatic heterocycles. The van der Waals surface area contributed by atoms with Crippen molar-refractivity contribution in [2.75, 3.05) is 0 Å². The van der Waals surface area contributed by atoms with Gasteiger partial charge in [0.15, 0.2) is 0 Å². The van der Waals surface area contributed by atoms with Gasteiger partial charge in [-0.3, -0.25) is 4.79 Å². The second-order valence-electron chi connectivity index (χ2n) is 5.34. The highest BCUT2D eigenvalue weighted by Crippen LogP contribution is 2.27. The Labute approximate surface area is 138 Å². The van der Waals surface area contributed by atoms with Gasteiger partial charge in [0.2, 0.25) is 0 Å². The van der Waals surface area contributed by atoms with Crippen LogP contribution in [-0.2, 0) is 0 Å². The summed E-state index contributed by atoms with van der Waals surface area (Å²) >= 11 is 0. The number of phenols is 2. The highest BCUT2D eigenvalue weighted by molar-refractivity contribution is 6.12. The van der Waals surface area contributed by atoms with Gasteiger partial charge in [0.05, 0.1) is 11.3 Å². The summed E-state index contributed by atoms with van der Waals surface area (Å²) in [5, 5.41) is 25.7. The third kappa shape index (κ3) is 2.92. The van der Waals surface area contributed by atoms with Crippen LogP contribution in [0.5, 0.6) is 11.5 Å². The summed E-state index contributed by atoms with van der Waals surface area (Å²) in [5.41, 5.74) is 3.57. The van der Waals surface area contributed by atoms with Crippen LogP contribution in [0.3, 0.4) is 0 Å². The number of rotatable bonds is 3. The van der Waals surface area contributed by atoms with Crippen LogP contribution in [0.2, 0.25) is 0 Å². The van der Waals surface area contributed by atoms with E-state index < -0.39 is 5.91 Å². The molecule has 1 amide bonds. The Morgan fingerprint density at radius 2 is 1.62 bits per heavy atom. The van der Waals surface area contributed by atoms with E-state index in [9.17, 15) is 15.0 Å². The Kier molecular flexibility index (Phi) is 4.16. The Balaban J connectivity index is 1.94. The lowest BCUT2D eigenvalue weighted by Gasteiger charge is -2.09. The number of hydrogen-bond donors (Lipinski definition) is 3. The third-order valence-corrected chi connectivity index (χ3v) is 3.74. The molecule has 0 heterocycles. The van der Waals surface area contributed by atoms with E-state index in [1.807, 2.05) is 30.3 Å². The lowest BCUT2D eigenvalue weighted by molar-refractivity contribution is 0.0952. The number of nitrogens with one attached hydrogen (secondary N) is 1. The van der Waals surface area contributed by atoms with Gasteiger partial charge in [0, 0.05) is 5.56 Å². The first-order chi connectivity index (χ1) is 11.6. The molecule has 0 spiro atoms. The molecule has 5 heteroatoms. The first-order valence-electron chi connectivity index (χ1n) is 7.41. The number of amides is 1. The molecule has 0 fully saturated rings. The molecule has 120 valence electrons. The number of aromatic hydroxyl groups is 2. The molecule has 3 rings (SSSR count). The second-order valence-corrected chi connectivity index (χ2v) is 5.34. The SMILES string of the molecule is C/C(=N\NC(=O)c1ccccc1O)c1c(O)ccc2ccccc12. The minimum Gasteiger partial charge on any atom is -0.507 e. The van der Waals surface area contributed by atoms with Gasteiger partial charge >= 0.3 is 0 Å². The van der Waals surface area contributed by atoms with Crippen LogP contribution in [0.15, 0.2) is 65.8 Å². The van der Waals surface area contributed by atoms with Gasteiger partial charge < -0.3 is 10.2 Å². The van der Waals surface area contributed by atoms with Crippen molar-refractivity contribution < 1.29 is 15.0 Å². The highest BCUT2D eigenvalue weighted by Gasteiger charge is 2.12. The van der Waals surface area contributed by atoms with E-state index in [0.717, 1.165) is 10.8 Å². The lowest BCUT2D eigenvalue weighted by atomic mass is 10.0. The fraction of sp³-hybridized carbons (Fsp3) is 0.0526. The van der Waals surface area contributed by atoms with E-state index in [0.29, 0.717) is 11.3 Å². The van der Waals surface area contributed by atoms with Crippen molar-refractivity contribution in [2.24, 2.45) is 5.10 Å². The predicted molar refractivity (Wildman–Crippen MR) is 93.4 cm³/mol. The van der Waals surface area contributed by atoms with E-state index in [4.69, 9.17) is 0 Å². The zero-order chi connectivity index (χ0) is 17.1. The molecule has 0 aliphatic rings. The first kappa shape index (κ1) is 15.6. The van der Waals surface area contributed by atoms with Gasteiger partial charge in [-0.05, 0) is 35.9 Å². The Bertz CT molecular complexity index is 948. The molecule has 0 radical (unpaired) electrons. The van der Waals surface area contributed by atoms with Crippen molar-refractivity contribution in [1.29, 1.82) is 0 Å². The number of para-hydroxylation sites is 1. The number of carbonyl (C=O) groups excluding carboxylic acids is 1. The third-order valence-electron chi connectivity index (χ3n) is 3.74. The van der Waals surface area contributed by atoms with Gasteiger partial charge in [0.25, 0.3) is 5.91 Å². The van der Waals surface area contributed by atoms with Gasteiger partial charge in [0.1, 0.15) is 11.5 Å². The molecule has 0 bridgehead atoms. The van der Waals surface area contributed by atoms with E-state index in [1.54, 1.807) is 25.1 Å². The van der Waals surface area contributed by atoms with E-state index in [2.05, 4.69) is 10.5 Å². The van der Waals surface area contributed by atoms with Gasteiger partial charge in [-0.1, -0.05) is 42.5 Å². The molecule has 5 nitrogen and oxygen atoms in total. The predicted octanol–water partition coefficient (Wildman–Crippen LogP) is 3.41. The van der Waals surface area contributed by atoms with Gasteiger partial charge in [-0.15, -0.1) is 0 Å². The molecule has 0 aliphatic carbocycles. The van der Waals surface area contributed by atoms with Crippen LogP contribution in [0.4, 0.5) is 0 Å². The minimum atomic E-state index is -0.521. The number of benzene rings is 3. The fourth-order valence-corrected chi connectivity index (χ4v) is 2.56. The van der Waals surface area contributed by atoms with Crippen molar-refractivity contribution in [3.8, 4) is 11.5 Å². The smallest absolute Gasteiger partial charge is 0.275 e. The maximum atomic E-state index is 12.1. The quantitative estimate of drug-likeness (QED) is 0.511. The molecule has 0 unspecified atom stereocenters. The number of carbonyl (C=O) groups is 1. The van der Waals surface area contributed by atoms with E-state index in [1.165, 1.54) is 12.1 Å². The van der Waals surface area contributed by atoms with Crippen molar-refractivity contribution in [3.05, 3.63) is 71.8 Å². The molecule has 3 N–H and O–H groups in total. The number of phenolic OH excluding ortho intramolecular Hbond substituents is 2. The summed E-state index contributed by atoms with van der Waals surface area (Å²) < 4.78 is 0. The second kappa shape index (κ2) is 6.42. The topological polar surface area (TPSA) is 81.9 Å². The molecule has 0 aromatic heterocycles. The minimum absolute atomic E-state index is 0.0896. The zero-order valence-electron chi connectivity index (χ0n) is 13.0. The van der Waals surface area contributed by atoms with Crippen molar-refractivity contribution in [1.82, 2.24) is 5.43 Å². The summed E-state index contributed by atoms with van der Waals surface area (Å²) in [5.74, 6) is -0.546. The average Bonchev–Trinajstić information content (AvgIpc) is 2.59. The molecule has 24 heavy (non-hydrogen) atoms. The summed E-state index contributed by atoms with van der Waals surface area (Å²) in [6, 6.07) is 17.3. The molecule has 0 atom stereocenters. The summed E-state index contributed by atoms with van der Waals surface area (Å²) in [4.78, 5) is 12.1. The number of hydrazone groups is 1. The summed E-state index contributed by atoms with van der Waals surface area (Å²) in [6.07, 6.45) is 0. The van der Waals surface area contributed by atoms with Gasteiger partial charge in [-0.25, -0.2) is 5.43 Å². The van der Waals surface area contributed by atoms with Crippen LogP contribution in [-0.4, -0.2) is 21.8 Å². The lowest BCUT2D eigenvalue weighted by Crippen LogP contribution is -2.19. The molecule has 0 saturated heterocycles. The zero-order valence-corrected chi connectivity index (χ0v) is 13.0. The summed E-state index contributed by atoms with van der Waals surface area (Å²) in [7, 11) is 0. The Hall–Kier alpha value is -3.34. The highest BCUT2D eigenvalue weighted by atomic mass is 16.3. The maximum absolute atomic E-state index is 12.1. The van der Waals surface area contributed by atoms with E-state index in [-0.39, 0.29) is 17.1 Å². The Morgan fingerprint density at radius 3 is 2.42 bits per heavy atom. The van der Waals surface area contributed by atoms with E-state index >= 15 is 0 Å². The number of nitrogens with zero attached hydrogens (tertiary/aromatic N) is 1. The molecule has 0 saturated carbocycles. The van der Waals surface area contributed by atoms with Crippen LogP contribution < -0.4 is 5.43 Å². The Morgan fingerprint density at radius 1 is 0.917 bits per heavy atom. The molecule has 3 aromatic carbocycles. The van der Waals surface area contributed by atoms with Crippen molar-refractivity contribution in [2.45, 2.75) is 6.92 Å². The maximum Gasteiger partial charge on any atom is 0.275 e. The number of hydrogen-bond acceptors (Lipinski definition) is 4. The number of fused-ring (bicyclic) bond motifs is 1. The first-order valence-corrected chi connectivity index (χ1v) is 7.41. The fourth-order valence-electron chi connectivity index (χ4n) is 2.56. The van der Waals surface area contributed by atoms with Crippen LogP contribution in [0.25, 0.3) is 10.8 Å². The normalized spacial score (nSPS) is 11.5. The van der Waals surface area contributed by atoms with Gasteiger partial charge in [-0.2, -0.15) is 5.10 Å². The molecule has 3 aromatic rings. The van der Waals surface area contributed by atoms with Crippen LogP contribution in [0, 0.1) is 0 Å². The van der Waals surface area contributed by atoms with Crippen LogP contribution in [0.1, 0.15) is 22.8 Å².